The van der Waals surface area contributed by atoms with Gasteiger partial charge in [-0.25, -0.2) is 0 Å². The van der Waals surface area contributed by atoms with Crippen molar-refractivity contribution in [3.8, 4) is 0 Å². The standard InChI is InChI=1S/C17H27N3O/c1-3-17(21)18-14-16(13-15-7-5-4-6-8-15)20-11-9-19(2)10-12-20/h4-8,16H,3,9-14H2,1-2H3,(H,18,21). The lowest BCUT2D eigenvalue weighted by molar-refractivity contribution is -0.121. The monoisotopic (exact) mass is 289 g/mol. The van der Waals surface area contributed by atoms with Crippen molar-refractivity contribution in [2.45, 2.75) is 25.8 Å². The van der Waals surface area contributed by atoms with E-state index in [1.807, 2.05) is 13.0 Å². The van der Waals surface area contributed by atoms with E-state index in [2.05, 4.69) is 46.4 Å². The molecule has 4 nitrogen and oxygen atoms in total. The molecule has 0 radical (unpaired) electrons. The molecule has 0 spiro atoms. The number of carbonyl (C=O) groups excluding carboxylic acids is 1. The molecule has 2 rings (SSSR count). The van der Waals surface area contributed by atoms with Crippen molar-refractivity contribution in [2.24, 2.45) is 0 Å². The Bertz CT molecular complexity index is 427. The average Bonchev–Trinajstić information content (AvgIpc) is 2.53. The minimum absolute atomic E-state index is 0.141. The molecule has 0 bridgehead atoms. The minimum Gasteiger partial charge on any atom is -0.355 e. The quantitative estimate of drug-likeness (QED) is 0.859. The Morgan fingerprint density at radius 2 is 1.86 bits per heavy atom. The van der Waals surface area contributed by atoms with E-state index in [0.29, 0.717) is 12.5 Å². The molecule has 1 aliphatic heterocycles. The molecule has 1 aromatic carbocycles. The Morgan fingerprint density at radius 3 is 2.48 bits per heavy atom. The Labute approximate surface area is 128 Å². The van der Waals surface area contributed by atoms with Gasteiger partial charge < -0.3 is 10.2 Å². The van der Waals surface area contributed by atoms with Crippen LogP contribution in [0.1, 0.15) is 18.9 Å². The second kappa shape index (κ2) is 8.15. The van der Waals surface area contributed by atoms with E-state index in [4.69, 9.17) is 0 Å². The van der Waals surface area contributed by atoms with Gasteiger partial charge in [0.05, 0.1) is 0 Å². The van der Waals surface area contributed by atoms with Crippen molar-refractivity contribution >= 4 is 5.91 Å². The number of likely N-dealkylation sites (N-methyl/N-ethyl adjacent to an activating group) is 1. The van der Waals surface area contributed by atoms with Crippen molar-refractivity contribution in [1.29, 1.82) is 0 Å². The van der Waals surface area contributed by atoms with Gasteiger partial charge in [-0.15, -0.1) is 0 Å². The van der Waals surface area contributed by atoms with Gasteiger partial charge in [-0.05, 0) is 19.0 Å². The van der Waals surface area contributed by atoms with Crippen LogP contribution in [0, 0.1) is 0 Å². The molecule has 1 aliphatic rings. The van der Waals surface area contributed by atoms with E-state index >= 15 is 0 Å². The van der Waals surface area contributed by atoms with Gasteiger partial charge in [0.15, 0.2) is 0 Å². The van der Waals surface area contributed by atoms with Crippen LogP contribution >= 0.6 is 0 Å². The molecule has 0 aromatic heterocycles. The fourth-order valence-electron chi connectivity index (χ4n) is 2.76. The molecular formula is C17H27N3O. The fourth-order valence-corrected chi connectivity index (χ4v) is 2.76. The summed E-state index contributed by atoms with van der Waals surface area (Å²) in [6.07, 6.45) is 1.55. The minimum atomic E-state index is 0.141. The maximum atomic E-state index is 11.6. The van der Waals surface area contributed by atoms with E-state index < -0.39 is 0 Å². The first-order chi connectivity index (χ1) is 10.2. The maximum Gasteiger partial charge on any atom is 0.219 e. The summed E-state index contributed by atoms with van der Waals surface area (Å²) in [6, 6.07) is 10.9. The fraction of sp³-hybridized carbons (Fsp3) is 0.588. The summed E-state index contributed by atoms with van der Waals surface area (Å²) in [5, 5.41) is 3.07. The van der Waals surface area contributed by atoms with Gasteiger partial charge in [0.25, 0.3) is 0 Å². The SMILES string of the molecule is CCC(=O)NCC(Cc1ccccc1)N1CCN(C)CC1. The van der Waals surface area contributed by atoms with E-state index in [-0.39, 0.29) is 5.91 Å². The topological polar surface area (TPSA) is 35.6 Å². The van der Waals surface area contributed by atoms with Crippen LogP contribution in [0.4, 0.5) is 0 Å². The second-order valence-electron chi connectivity index (χ2n) is 5.84. The average molecular weight is 289 g/mol. The summed E-state index contributed by atoms with van der Waals surface area (Å²) in [5.74, 6) is 0.141. The predicted octanol–water partition coefficient (Wildman–Crippen LogP) is 1.37. The molecule has 1 heterocycles. The van der Waals surface area contributed by atoms with E-state index in [1.165, 1.54) is 5.56 Å². The number of rotatable bonds is 6. The van der Waals surface area contributed by atoms with E-state index in [1.54, 1.807) is 0 Å². The van der Waals surface area contributed by atoms with Gasteiger partial charge >= 0.3 is 0 Å². The smallest absolute Gasteiger partial charge is 0.219 e. The summed E-state index contributed by atoms with van der Waals surface area (Å²) in [4.78, 5) is 16.4. The van der Waals surface area contributed by atoms with Gasteiger partial charge in [-0.2, -0.15) is 0 Å². The van der Waals surface area contributed by atoms with Crippen LogP contribution < -0.4 is 5.32 Å². The van der Waals surface area contributed by atoms with Crippen LogP contribution in [0.15, 0.2) is 30.3 Å². The van der Waals surface area contributed by atoms with Crippen LogP contribution in [-0.2, 0) is 11.2 Å². The van der Waals surface area contributed by atoms with Crippen LogP contribution in [0.2, 0.25) is 0 Å². The number of benzene rings is 1. The molecular weight excluding hydrogens is 262 g/mol. The highest BCUT2D eigenvalue weighted by Gasteiger charge is 2.23. The number of nitrogens with zero attached hydrogens (tertiary/aromatic N) is 2. The molecule has 1 fully saturated rings. The zero-order valence-electron chi connectivity index (χ0n) is 13.2. The summed E-state index contributed by atoms with van der Waals surface area (Å²) < 4.78 is 0. The van der Waals surface area contributed by atoms with E-state index in [0.717, 1.165) is 39.1 Å². The Kier molecular flexibility index (Phi) is 6.21. The van der Waals surface area contributed by atoms with Crippen molar-refractivity contribution in [1.82, 2.24) is 15.1 Å². The lowest BCUT2D eigenvalue weighted by atomic mass is 10.0. The highest BCUT2D eigenvalue weighted by atomic mass is 16.1. The molecule has 0 saturated carbocycles. The Morgan fingerprint density at radius 1 is 1.19 bits per heavy atom. The summed E-state index contributed by atoms with van der Waals surface area (Å²) in [5.41, 5.74) is 1.34. The molecule has 1 atom stereocenters. The third-order valence-electron chi connectivity index (χ3n) is 4.22. The highest BCUT2D eigenvalue weighted by molar-refractivity contribution is 5.75. The molecule has 0 aliphatic carbocycles. The van der Waals surface area contributed by atoms with Crippen LogP contribution in [-0.4, -0.2) is 61.5 Å². The molecule has 1 unspecified atom stereocenters. The molecule has 4 heteroatoms. The van der Waals surface area contributed by atoms with Gasteiger partial charge in [0.1, 0.15) is 0 Å². The van der Waals surface area contributed by atoms with Crippen molar-refractivity contribution in [3.63, 3.8) is 0 Å². The van der Waals surface area contributed by atoms with Crippen molar-refractivity contribution in [2.75, 3.05) is 39.8 Å². The molecule has 1 saturated heterocycles. The maximum absolute atomic E-state index is 11.6. The summed E-state index contributed by atoms with van der Waals surface area (Å²) in [7, 11) is 2.17. The number of piperazine rings is 1. The number of carbonyl (C=O) groups is 1. The van der Waals surface area contributed by atoms with Gasteiger partial charge in [-0.1, -0.05) is 37.3 Å². The van der Waals surface area contributed by atoms with Gasteiger partial charge in [0, 0.05) is 45.2 Å². The first-order valence-corrected chi connectivity index (χ1v) is 7.92. The zero-order valence-corrected chi connectivity index (χ0v) is 13.2. The van der Waals surface area contributed by atoms with Gasteiger partial charge in [-0.3, -0.25) is 9.69 Å². The zero-order chi connectivity index (χ0) is 15.1. The summed E-state index contributed by atoms with van der Waals surface area (Å²) >= 11 is 0. The molecule has 1 N–H and O–H groups in total. The largest absolute Gasteiger partial charge is 0.355 e. The Hall–Kier alpha value is -1.39. The third kappa shape index (κ3) is 5.14. The predicted molar refractivity (Wildman–Crippen MR) is 86.3 cm³/mol. The Balaban J connectivity index is 1.97. The van der Waals surface area contributed by atoms with Gasteiger partial charge in [0.2, 0.25) is 5.91 Å². The van der Waals surface area contributed by atoms with Crippen LogP contribution in [0.5, 0.6) is 0 Å². The molecule has 1 aromatic rings. The number of hydrogen-bond donors (Lipinski definition) is 1. The van der Waals surface area contributed by atoms with Crippen molar-refractivity contribution < 1.29 is 4.79 Å². The lowest BCUT2D eigenvalue weighted by Gasteiger charge is -2.38. The lowest BCUT2D eigenvalue weighted by Crippen LogP contribution is -2.53. The summed E-state index contributed by atoms with van der Waals surface area (Å²) in [6.45, 7) is 7.01. The second-order valence-corrected chi connectivity index (χ2v) is 5.84. The van der Waals surface area contributed by atoms with E-state index in [9.17, 15) is 4.79 Å². The first-order valence-electron chi connectivity index (χ1n) is 7.92. The first kappa shape index (κ1) is 16.0. The molecule has 1 amide bonds. The number of hydrogen-bond acceptors (Lipinski definition) is 3. The number of nitrogens with one attached hydrogen (secondary N) is 1. The molecule has 21 heavy (non-hydrogen) atoms. The van der Waals surface area contributed by atoms with Crippen molar-refractivity contribution in [3.05, 3.63) is 35.9 Å². The highest BCUT2D eigenvalue weighted by Crippen LogP contribution is 2.11. The van der Waals surface area contributed by atoms with Crippen LogP contribution in [0.3, 0.4) is 0 Å². The van der Waals surface area contributed by atoms with Crippen LogP contribution in [0.25, 0.3) is 0 Å². The number of amides is 1. The third-order valence-corrected chi connectivity index (χ3v) is 4.22. The molecule has 116 valence electrons. The normalized spacial score (nSPS) is 18.4.